The van der Waals surface area contributed by atoms with Gasteiger partial charge < -0.3 is 5.11 Å². The Bertz CT molecular complexity index is 599. The summed E-state index contributed by atoms with van der Waals surface area (Å²) in [5.74, 6) is 0. The summed E-state index contributed by atoms with van der Waals surface area (Å²) in [5, 5.41) is 15.1. The molecule has 2 aromatic rings. The molecule has 108 valence electrons. The minimum absolute atomic E-state index is 0.506. The summed E-state index contributed by atoms with van der Waals surface area (Å²) in [4.78, 5) is 0. The van der Waals surface area contributed by atoms with Crippen LogP contribution in [0.15, 0.2) is 22.7 Å². The van der Waals surface area contributed by atoms with E-state index >= 15 is 0 Å². The Morgan fingerprint density at radius 3 is 2.40 bits per heavy atom. The van der Waals surface area contributed by atoms with Gasteiger partial charge in [-0.2, -0.15) is 5.10 Å². The molecule has 1 N–H and O–H groups in total. The van der Waals surface area contributed by atoms with Crippen molar-refractivity contribution in [3.63, 3.8) is 0 Å². The first kappa shape index (κ1) is 15.3. The maximum atomic E-state index is 10.6. The van der Waals surface area contributed by atoms with Crippen LogP contribution in [0.3, 0.4) is 0 Å². The Balaban J connectivity index is 2.35. The van der Waals surface area contributed by atoms with Crippen molar-refractivity contribution >= 4 is 15.9 Å². The SMILES string of the molecule is CCn1nc(C)c(Br)c1CC(O)c1c(C)cccc1C. The smallest absolute Gasteiger partial charge is 0.0850 e. The molecule has 3 nitrogen and oxygen atoms in total. The second-order valence-electron chi connectivity index (χ2n) is 5.19. The van der Waals surface area contributed by atoms with E-state index in [1.807, 2.05) is 43.7 Å². The lowest BCUT2D eigenvalue weighted by molar-refractivity contribution is 0.173. The summed E-state index contributed by atoms with van der Waals surface area (Å²) in [6.45, 7) is 8.94. The third-order valence-electron chi connectivity index (χ3n) is 3.71. The number of hydrogen-bond acceptors (Lipinski definition) is 2. The van der Waals surface area contributed by atoms with E-state index in [2.05, 4.69) is 28.0 Å². The van der Waals surface area contributed by atoms with E-state index in [0.29, 0.717) is 6.42 Å². The molecule has 0 amide bonds. The van der Waals surface area contributed by atoms with Crippen molar-refractivity contribution in [2.24, 2.45) is 0 Å². The number of hydrogen-bond donors (Lipinski definition) is 1. The van der Waals surface area contributed by atoms with E-state index in [1.165, 1.54) is 0 Å². The zero-order valence-electron chi connectivity index (χ0n) is 12.4. The van der Waals surface area contributed by atoms with E-state index < -0.39 is 6.10 Å². The van der Waals surface area contributed by atoms with Crippen LogP contribution in [0.5, 0.6) is 0 Å². The predicted octanol–water partition coefficient (Wildman–Crippen LogP) is 3.87. The lowest BCUT2D eigenvalue weighted by atomic mass is 9.95. The zero-order chi connectivity index (χ0) is 14.9. The van der Waals surface area contributed by atoms with Crippen LogP contribution in [-0.2, 0) is 13.0 Å². The molecule has 1 aromatic carbocycles. The summed E-state index contributed by atoms with van der Waals surface area (Å²) in [5.41, 5.74) is 5.32. The Labute approximate surface area is 128 Å². The Hall–Kier alpha value is -1.13. The van der Waals surface area contributed by atoms with Gasteiger partial charge >= 0.3 is 0 Å². The number of benzene rings is 1. The molecule has 0 saturated heterocycles. The van der Waals surface area contributed by atoms with Gasteiger partial charge in [0.25, 0.3) is 0 Å². The van der Waals surface area contributed by atoms with Crippen LogP contribution < -0.4 is 0 Å². The van der Waals surface area contributed by atoms with Crippen LogP contribution in [0.1, 0.15) is 41.1 Å². The van der Waals surface area contributed by atoms with E-state index in [1.54, 1.807) is 0 Å². The maximum absolute atomic E-state index is 10.6. The van der Waals surface area contributed by atoms with Crippen molar-refractivity contribution < 1.29 is 5.11 Å². The van der Waals surface area contributed by atoms with Crippen LogP contribution in [-0.4, -0.2) is 14.9 Å². The van der Waals surface area contributed by atoms with Gasteiger partial charge in [-0.3, -0.25) is 4.68 Å². The molecule has 0 spiro atoms. The predicted molar refractivity (Wildman–Crippen MR) is 84.9 cm³/mol. The molecule has 0 aliphatic rings. The molecule has 4 heteroatoms. The molecule has 0 bridgehead atoms. The highest BCUT2D eigenvalue weighted by Crippen LogP contribution is 2.29. The summed E-state index contributed by atoms with van der Waals surface area (Å²) in [6, 6.07) is 6.11. The van der Waals surface area contributed by atoms with Gasteiger partial charge in [0.2, 0.25) is 0 Å². The quantitative estimate of drug-likeness (QED) is 0.920. The third-order valence-corrected chi connectivity index (χ3v) is 4.75. The molecule has 2 rings (SSSR count). The lowest BCUT2D eigenvalue weighted by Crippen LogP contribution is -2.11. The Morgan fingerprint density at radius 2 is 1.85 bits per heavy atom. The molecule has 20 heavy (non-hydrogen) atoms. The van der Waals surface area contributed by atoms with Gasteiger partial charge in [0, 0.05) is 13.0 Å². The average molecular weight is 337 g/mol. The summed E-state index contributed by atoms with van der Waals surface area (Å²) in [6.07, 6.45) is 0.0647. The molecular formula is C16H21BrN2O. The van der Waals surface area contributed by atoms with Gasteiger partial charge in [-0.25, -0.2) is 0 Å². The van der Waals surface area contributed by atoms with Crippen molar-refractivity contribution in [3.8, 4) is 0 Å². The molecule has 1 heterocycles. The first-order valence-electron chi connectivity index (χ1n) is 6.91. The first-order valence-corrected chi connectivity index (χ1v) is 7.71. The molecule has 1 unspecified atom stereocenters. The van der Waals surface area contributed by atoms with Crippen LogP contribution in [0, 0.1) is 20.8 Å². The number of aromatic nitrogens is 2. The molecule has 0 radical (unpaired) electrons. The average Bonchev–Trinajstić information content (AvgIpc) is 2.66. The van der Waals surface area contributed by atoms with Gasteiger partial charge in [-0.05, 0) is 60.3 Å². The normalized spacial score (nSPS) is 12.7. The van der Waals surface area contributed by atoms with Gasteiger partial charge in [0.15, 0.2) is 0 Å². The minimum atomic E-state index is -0.506. The number of rotatable bonds is 4. The standard InChI is InChI=1S/C16H21BrN2O/c1-5-19-13(16(17)12(4)18-19)9-14(20)15-10(2)7-6-8-11(15)3/h6-8,14,20H,5,9H2,1-4H3. The number of aliphatic hydroxyl groups is 1. The van der Waals surface area contributed by atoms with Crippen molar-refractivity contribution in [1.29, 1.82) is 0 Å². The molecule has 0 aliphatic carbocycles. The van der Waals surface area contributed by atoms with Crippen molar-refractivity contribution in [3.05, 3.63) is 50.8 Å². The van der Waals surface area contributed by atoms with E-state index in [-0.39, 0.29) is 0 Å². The fraction of sp³-hybridized carbons (Fsp3) is 0.438. The first-order chi connectivity index (χ1) is 9.45. The van der Waals surface area contributed by atoms with Gasteiger partial charge in [-0.1, -0.05) is 18.2 Å². The van der Waals surface area contributed by atoms with Crippen molar-refractivity contribution in [2.45, 2.75) is 46.8 Å². The summed E-state index contributed by atoms with van der Waals surface area (Å²) >= 11 is 3.59. The van der Waals surface area contributed by atoms with Crippen LogP contribution >= 0.6 is 15.9 Å². The second-order valence-corrected chi connectivity index (χ2v) is 5.98. The topological polar surface area (TPSA) is 38.0 Å². The fourth-order valence-corrected chi connectivity index (χ4v) is 3.15. The Kier molecular flexibility index (Phi) is 4.66. The van der Waals surface area contributed by atoms with Crippen LogP contribution in [0.4, 0.5) is 0 Å². The summed E-state index contributed by atoms with van der Waals surface area (Å²) in [7, 11) is 0. The van der Waals surface area contributed by atoms with Crippen LogP contribution in [0.25, 0.3) is 0 Å². The molecule has 0 aliphatic heterocycles. The zero-order valence-corrected chi connectivity index (χ0v) is 14.0. The number of aliphatic hydroxyl groups excluding tert-OH is 1. The van der Waals surface area contributed by atoms with Crippen molar-refractivity contribution in [2.75, 3.05) is 0 Å². The number of halogens is 1. The molecular weight excluding hydrogens is 316 g/mol. The van der Waals surface area contributed by atoms with Gasteiger partial charge in [0.1, 0.15) is 0 Å². The monoisotopic (exact) mass is 336 g/mol. The third kappa shape index (κ3) is 2.81. The van der Waals surface area contributed by atoms with Crippen LogP contribution in [0.2, 0.25) is 0 Å². The molecule has 0 saturated carbocycles. The highest BCUT2D eigenvalue weighted by molar-refractivity contribution is 9.10. The fourth-order valence-electron chi connectivity index (χ4n) is 2.70. The maximum Gasteiger partial charge on any atom is 0.0850 e. The van der Waals surface area contributed by atoms with E-state index in [0.717, 1.165) is 39.1 Å². The molecule has 1 aromatic heterocycles. The number of aryl methyl sites for hydroxylation is 4. The highest BCUT2D eigenvalue weighted by Gasteiger charge is 2.19. The van der Waals surface area contributed by atoms with Crippen molar-refractivity contribution in [1.82, 2.24) is 9.78 Å². The second kappa shape index (κ2) is 6.10. The lowest BCUT2D eigenvalue weighted by Gasteiger charge is -2.17. The minimum Gasteiger partial charge on any atom is -0.388 e. The summed E-state index contributed by atoms with van der Waals surface area (Å²) < 4.78 is 2.96. The van der Waals surface area contributed by atoms with Gasteiger partial charge in [0.05, 0.1) is 22.0 Å². The van der Waals surface area contributed by atoms with Gasteiger partial charge in [-0.15, -0.1) is 0 Å². The highest BCUT2D eigenvalue weighted by atomic mass is 79.9. The Morgan fingerprint density at radius 1 is 1.25 bits per heavy atom. The largest absolute Gasteiger partial charge is 0.388 e. The number of nitrogens with zero attached hydrogens (tertiary/aromatic N) is 2. The molecule has 1 atom stereocenters. The van der Waals surface area contributed by atoms with E-state index in [4.69, 9.17) is 0 Å². The van der Waals surface area contributed by atoms with E-state index in [9.17, 15) is 5.11 Å². The molecule has 0 fully saturated rings.